The smallest absolute Gasteiger partial charge is 0.407 e. The highest BCUT2D eigenvalue weighted by molar-refractivity contribution is 5.67. The molecule has 0 aliphatic carbocycles. The standard InChI is InChI=1S/C15H24FN3O3/c1-9(7-19-14(20)22-15(3,4)5)21-13-12(10(2)17)6-11(16)8-18-13/h6,8-10H,7,17H2,1-5H3,(H,19,20). The topological polar surface area (TPSA) is 86.5 Å². The summed E-state index contributed by atoms with van der Waals surface area (Å²) >= 11 is 0. The summed E-state index contributed by atoms with van der Waals surface area (Å²) in [6.07, 6.45) is 0.167. The number of rotatable bonds is 5. The molecule has 124 valence electrons. The van der Waals surface area contributed by atoms with Gasteiger partial charge in [0, 0.05) is 11.6 Å². The van der Waals surface area contributed by atoms with E-state index in [1.165, 1.54) is 6.07 Å². The summed E-state index contributed by atoms with van der Waals surface area (Å²) in [5.41, 5.74) is 5.69. The maximum Gasteiger partial charge on any atom is 0.407 e. The molecular weight excluding hydrogens is 289 g/mol. The monoisotopic (exact) mass is 313 g/mol. The van der Waals surface area contributed by atoms with Crippen LogP contribution in [0.15, 0.2) is 12.3 Å². The predicted molar refractivity (Wildman–Crippen MR) is 81.1 cm³/mol. The highest BCUT2D eigenvalue weighted by Gasteiger charge is 2.18. The van der Waals surface area contributed by atoms with E-state index >= 15 is 0 Å². The number of carbonyl (C=O) groups is 1. The van der Waals surface area contributed by atoms with Gasteiger partial charge in [-0.2, -0.15) is 0 Å². The van der Waals surface area contributed by atoms with E-state index in [2.05, 4.69) is 10.3 Å². The van der Waals surface area contributed by atoms with Crippen LogP contribution in [0.5, 0.6) is 5.88 Å². The van der Waals surface area contributed by atoms with E-state index < -0.39 is 23.6 Å². The van der Waals surface area contributed by atoms with Crippen molar-refractivity contribution in [2.24, 2.45) is 5.73 Å². The van der Waals surface area contributed by atoms with Crippen molar-refractivity contribution in [2.75, 3.05) is 6.54 Å². The van der Waals surface area contributed by atoms with E-state index in [1.54, 1.807) is 34.6 Å². The van der Waals surface area contributed by atoms with Crippen molar-refractivity contribution in [3.05, 3.63) is 23.6 Å². The van der Waals surface area contributed by atoms with E-state index in [1.807, 2.05) is 0 Å². The molecule has 0 aliphatic heterocycles. The SMILES string of the molecule is CC(CNC(=O)OC(C)(C)C)Oc1ncc(F)cc1C(C)N. The Kier molecular flexibility index (Phi) is 6.11. The lowest BCUT2D eigenvalue weighted by Gasteiger charge is -2.21. The summed E-state index contributed by atoms with van der Waals surface area (Å²) in [5.74, 6) is -0.214. The Morgan fingerprint density at radius 2 is 2.09 bits per heavy atom. The lowest BCUT2D eigenvalue weighted by Crippen LogP contribution is -2.37. The molecule has 0 aromatic carbocycles. The van der Waals surface area contributed by atoms with E-state index in [0.717, 1.165) is 6.20 Å². The molecule has 3 N–H and O–H groups in total. The average molecular weight is 313 g/mol. The summed E-state index contributed by atoms with van der Waals surface area (Å²) in [6, 6.07) is 0.880. The molecule has 7 heteroatoms. The number of pyridine rings is 1. The van der Waals surface area contributed by atoms with Crippen LogP contribution in [-0.4, -0.2) is 29.3 Å². The molecule has 1 aromatic rings. The van der Waals surface area contributed by atoms with Gasteiger partial charge in [0.25, 0.3) is 0 Å². The second-order valence-electron chi connectivity index (χ2n) is 6.15. The van der Waals surface area contributed by atoms with Gasteiger partial charge in [0.15, 0.2) is 0 Å². The second kappa shape index (κ2) is 7.40. The third kappa shape index (κ3) is 6.26. The number of hydrogen-bond donors (Lipinski definition) is 2. The average Bonchev–Trinajstić information content (AvgIpc) is 2.36. The third-order valence-corrected chi connectivity index (χ3v) is 2.58. The molecular formula is C15H24FN3O3. The van der Waals surface area contributed by atoms with E-state index in [0.29, 0.717) is 5.56 Å². The minimum Gasteiger partial charge on any atom is -0.473 e. The van der Waals surface area contributed by atoms with Crippen LogP contribution in [0.4, 0.5) is 9.18 Å². The molecule has 2 atom stereocenters. The van der Waals surface area contributed by atoms with Crippen molar-refractivity contribution in [1.82, 2.24) is 10.3 Å². The number of ether oxygens (including phenoxy) is 2. The van der Waals surface area contributed by atoms with E-state index in [-0.39, 0.29) is 18.5 Å². The van der Waals surface area contributed by atoms with Crippen molar-refractivity contribution in [1.29, 1.82) is 0 Å². The minimum atomic E-state index is -0.561. The van der Waals surface area contributed by atoms with Gasteiger partial charge in [-0.3, -0.25) is 0 Å². The summed E-state index contributed by atoms with van der Waals surface area (Å²) in [7, 11) is 0. The lowest BCUT2D eigenvalue weighted by molar-refractivity contribution is 0.0503. The van der Waals surface area contributed by atoms with Crippen molar-refractivity contribution in [3.8, 4) is 5.88 Å². The number of nitrogens with one attached hydrogen (secondary N) is 1. The molecule has 0 fully saturated rings. The quantitative estimate of drug-likeness (QED) is 0.872. The summed E-state index contributed by atoms with van der Waals surface area (Å²) in [6.45, 7) is 9.05. The number of amides is 1. The van der Waals surface area contributed by atoms with Crippen LogP contribution in [0.1, 0.15) is 46.2 Å². The number of nitrogens with zero attached hydrogens (tertiary/aromatic N) is 1. The number of halogens is 1. The Hall–Kier alpha value is -1.89. The largest absolute Gasteiger partial charge is 0.473 e. The van der Waals surface area contributed by atoms with Gasteiger partial charge in [0.2, 0.25) is 5.88 Å². The maximum absolute atomic E-state index is 13.2. The first-order valence-corrected chi connectivity index (χ1v) is 7.13. The number of hydrogen-bond acceptors (Lipinski definition) is 5. The van der Waals surface area contributed by atoms with Crippen LogP contribution in [0, 0.1) is 5.82 Å². The fraction of sp³-hybridized carbons (Fsp3) is 0.600. The summed E-state index contributed by atoms with van der Waals surface area (Å²) in [5, 5.41) is 2.60. The van der Waals surface area contributed by atoms with Crippen molar-refractivity contribution >= 4 is 6.09 Å². The molecule has 1 rings (SSSR count). The van der Waals surface area contributed by atoms with Crippen molar-refractivity contribution < 1.29 is 18.7 Å². The third-order valence-electron chi connectivity index (χ3n) is 2.58. The van der Waals surface area contributed by atoms with Crippen LogP contribution in [0.25, 0.3) is 0 Å². The van der Waals surface area contributed by atoms with Crippen LogP contribution < -0.4 is 15.8 Å². The Labute approximate surface area is 130 Å². The van der Waals surface area contributed by atoms with Gasteiger partial charge in [0.05, 0.1) is 12.7 Å². The Balaban J connectivity index is 2.59. The molecule has 2 unspecified atom stereocenters. The van der Waals surface area contributed by atoms with Gasteiger partial charge in [-0.25, -0.2) is 14.2 Å². The molecule has 6 nitrogen and oxygen atoms in total. The summed E-state index contributed by atoms with van der Waals surface area (Å²) < 4.78 is 23.9. The molecule has 0 saturated heterocycles. The highest BCUT2D eigenvalue weighted by atomic mass is 19.1. The molecule has 0 saturated carbocycles. The Bertz CT molecular complexity index is 515. The van der Waals surface area contributed by atoms with E-state index in [4.69, 9.17) is 15.2 Å². The zero-order valence-corrected chi connectivity index (χ0v) is 13.6. The van der Waals surface area contributed by atoms with Crippen LogP contribution >= 0.6 is 0 Å². The zero-order valence-electron chi connectivity index (χ0n) is 13.6. The zero-order chi connectivity index (χ0) is 16.9. The minimum absolute atomic E-state index is 0.229. The number of aromatic nitrogens is 1. The highest BCUT2D eigenvalue weighted by Crippen LogP contribution is 2.22. The fourth-order valence-electron chi connectivity index (χ4n) is 1.64. The fourth-order valence-corrected chi connectivity index (χ4v) is 1.64. The molecule has 22 heavy (non-hydrogen) atoms. The van der Waals surface area contributed by atoms with Crippen molar-refractivity contribution in [3.63, 3.8) is 0 Å². The lowest BCUT2D eigenvalue weighted by atomic mass is 10.1. The first-order valence-electron chi connectivity index (χ1n) is 7.13. The molecule has 0 radical (unpaired) electrons. The molecule has 1 amide bonds. The molecule has 0 aliphatic rings. The molecule has 0 bridgehead atoms. The molecule has 1 aromatic heterocycles. The van der Waals surface area contributed by atoms with Crippen molar-refractivity contribution in [2.45, 2.75) is 52.4 Å². The van der Waals surface area contributed by atoms with Gasteiger partial charge in [-0.05, 0) is 40.7 Å². The van der Waals surface area contributed by atoms with Crippen LogP contribution in [0.2, 0.25) is 0 Å². The van der Waals surface area contributed by atoms with Gasteiger partial charge in [-0.1, -0.05) is 0 Å². The van der Waals surface area contributed by atoms with Crippen LogP contribution in [0.3, 0.4) is 0 Å². The van der Waals surface area contributed by atoms with E-state index in [9.17, 15) is 9.18 Å². The van der Waals surface area contributed by atoms with Gasteiger partial charge >= 0.3 is 6.09 Å². The van der Waals surface area contributed by atoms with Gasteiger partial charge < -0.3 is 20.5 Å². The molecule has 1 heterocycles. The molecule has 0 spiro atoms. The second-order valence-corrected chi connectivity index (χ2v) is 6.15. The summed E-state index contributed by atoms with van der Waals surface area (Å²) in [4.78, 5) is 15.5. The maximum atomic E-state index is 13.2. The Morgan fingerprint density at radius 3 is 2.64 bits per heavy atom. The number of carbonyl (C=O) groups excluding carboxylic acids is 1. The number of nitrogens with two attached hydrogens (primary N) is 1. The predicted octanol–water partition coefficient (Wildman–Crippen LogP) is 2.53. The first kappa shape index (κ1) is 18.2. The number of alkyl carbamates (subject to hydrolysis) is 1. The first-order chi connectivity index (χ1) is 10.1. The van der Waals surface area contributed by atoms with Gasteiger partial charge in [-0.15, -0.1) is 0 Å². The Morgan fingerprint density at radius 1 is 1.45 bits per heavy atom. The normalized spacial score (nSPS) is 14.1. The van der Waals surface area contributed by atoms with Crippen LogP contribution in [-0.2, 0) is 4.74 Å². The van der Waals surface area contributed by atoms with Gasteiger partial charge in [0.1, 0.15) is 17.5 Å².